The Morgan fingerprint density at radius 3 is 0.860 bits per heavy atom. The van der Waals surface area contributed by atoms with Crippen LogP contribution in [0, 0.1) is 6.92 Å². The summed E-state index contributed by atoms with van der Waals surface area (Å²) in [6.07, 6.45) is -0.394. The molecule has 32 heteroatoms. The van der Waals surface area contributed by atoms with Gasteiger partial charge in [0.1, 0.15) is 36.9 Å². The molecule has 0 amide bonds. The van der Waals surface area contributed by atoms with Crippen LogP contribution in [0.3, 0.4) is 0 Å². The van der Waals surface area contributed by atoms with Gasteiger partial charge in [-0.15, -0.1) is 6.61 Å². The molecule has 2 atom stereocenters. The number of aliphatic hydroxyl groups is 2. The van der Waals surface area contributed by atoms with Crippen LogP contribution in [0.1, 0.15) is 6.99 Å². The van der Waals surface area contributed by atoms with Crippen molar-refractivity contribution in [2.45, 2.75) is 24.0 Å². The number of rotatable bonds is 70. The number of hydrogen-bond donors (Lipinski definition) is 2. The Hall–Kier alpha value is -2.50. The molecular weight excluding hydrogens is 1370 g/mol. The van der Waals surface area contributed by atoms with E-state index in [0.717, 1.165) is 17.1 Å². The van der Waals surface area contributed by atoms with Gasteiger partial charge >= 0.3 is 29.6 Å². The molecule has 0 spiro atoms. The summed E-state index contributed by atoms with van der Waals surface area (Å²) in [5.41, 5.74) is 1.01. The Morgan fingerprint density at radius 2 is 0.580 bits per heavy atom. The minimum Gasteiger partial charge on any atom is -1.00 e. The second kappa shape index (κ2) is 82.2. The van der Waals surface area contributed by atoms with Crippen LogP contribution in [0.2, 0.25) is 0 Å². The van der Waals surface area contributed by atoms with E-state index in [4.69, 9.17) is 135 Å². The fourth-order valence-corrected chi connectivity index (χ4v) is 7.71. The summed E-state index contributed by atoms with van der Waals surface area (Å²) in [7, 11) is 6.47. The first-order valence-electron chi connectivity index (χ1n) is 33.3. The van der Waals surface area contributed by atoms with E-state index >= 15 is 0 Å². The van der Waals surface area contributed by atoms with E-state index in [9.17, 15) is 13.5 Å². The van der Waals surface area contributed by atoms with Crippen molar-refractivity contribution in [2.24, 2.45) is 0 Å². The van der Waals surface area contributed by atoms with Gasteiger partial charge in [-0.3, -0.25) is 0 Å². The maximum Gasteiger partial charge on any atom is 1.00 e. The van der Waals surface area contributed by atoms with Crippen molar-refractivity contribution in [1.82, 2.24) is 0 Å². The molecule has 3 aromatic carbocycles. The molecule has 0 saturated heterocycles. The van der Waals surface area contributed by atoms with Crippen molar-refractivity contribution in [2.75, 3.05) is 312 Å². The fraction of sp³-hybridized carbons (Fsp3) is 0.735. The largest absolute Gasteiger partial charge is 1.00 e. The number of aryl methyl sites for hydroxylation is 1. The zero-order chi connectivity index (χ0) is 71.9. The molecule has 0 aliphatic heterocycles. The monoisotopic (exact) mass is 1490 g/mol. The molecular formula is C68H119ClNaO29S-. The van der Waals surface area contributed by atoms with Crippen LogP contribution in [-0.4, -0.2) is 343 Å². The molecule has 100 heavy (non-hydrogen) atoms. The summed E-state index contributed by atoms with van der Waals surface area (Å²) in [4.78, 5) is 0.143. The SMILES string of the molecule is COCCOCC(COc1ccccc1)OCCOC.COCCOCCOCCOCCOCCOCC[O-].Cc1ccc(S(=O)(=O)Cl)cc1.OCCOCCOCCOCCOCCOCCOCC(COc1ccccc1)OCCOCCOCCOCCOCCOCCO.[H-].[Na+]. The van der Waals surface area contributed by atoms with Gasteiger partial charge in [-0.2, -0.15) is 0 Å². The van der Waals surface area contributed by atoms with Gasteiger partial charge in [0.25, 0.3) is 9.05 Å². The van der Waals surface area contributed by atoms with Crippen LogP contribution < -0.4 is 44.1 Å². The molecule has 2 N–H and O–H groups in total. The van der Waals surface area contributed by atoms with Crippen molar-refractivity contribution in [3.05, 3.63) is 90.5 Å². The molecule has 580 valence electrons. The molecule has 0 bridgehead atoms. The van der Waals surface area contributed by atoms with Gasteiger partial charge < -0.3 is 130 Å². The van der Waals surface area contributed by atoms with Crippen LogP contribution in [0.4, 0.5) is 0 Å². The minimum atomic E-state index is -3.55. The summed E-state index contributed by atoms with van der Waals surface area (Å²) in [5.74, 6) is 1.59. The fourth-order valence-electron chi connectivity index (χ4n) is 6.94. The van der Waals surface area contributed by atoms with Gasteiger partial charge in [-0.1, -0.05) is 54.1 Å². The van der Waals surface area contributed by atoms with Crippen LogP contribution in [-0.2, 0) is 113 Å². The molecule has 0 heterocycles. The Bertz CT molecular complexity index is 2120. The van der Waals surface area contributed by atoms with Crippen molar-refractivity contribution >= 4 is 19.7 Å². The van der Waals surface area contributed by atoms with Crippen LogP contribution in [0.25, 0.3) is 0 Å². The van der Waals surface area contributed by atoms with E-state index in [1.165, 1.54) is 12.1 Å². The molecule has 0 saturated carbocycles. The van der Waals surface area contributed by atoms with Crippen LogP contribution in [0.5, 0.6) is 11.5 Å². The molecule has 29 nitrogen and oxygen atoms in total. The number of methoxy groups -OCH3 is 3. The number of ether oxygens (including phenoxy) is 24. The number of aliphatic hydroxyl groups excluding tert-OH is 2. The average molecular weight is 1490 g/mol. The van der Waals surface area contributed by atoms with Crippen LogP contribution >= 0.6 is 10.7 Å². The third-order valence-corrected chi connectivity index (χ3v) is 13.3. The smallest absolute Gasteiger partial charge is 1.00 e. The zero-order valence-corrected chi connectivity index (χ0v) is 63.6. The summed E-state index contributed by atoms with van der Waals surface area (Å²) >= 11 is 0. The normalized spacial score (nSPS) is 11.8. The Morgan fingerprint density at radius 1 is 0.340 bits per heavy atom. The summed E-state index contributed by atoms with van der Waals surface area (Å²) < 4.78 is 151. The zero-order valence-electron chi connectivity index (χ0n) is 61.1. The third-order valence-electron chi connectivity index (χ3n) is 11.9. The molecule has 0 aliphatic rings. The first-order valence-corrected chi connectivity index (χ1v) is 35.6. The maximum absolute atomic E-state index is 10.7. The van der Waals surface area contributed by atoms with Gasteiger partial charge in [0.05, 0.1) is 269 Å². The van der Waals surface area contributed by atoms with Crippen molar-refractivity contribution < 1.29 is 168 Å². The molecule has 0 aliphatic carbocycles. The Balaban J connectivity index is -0.00000148. The van der Waals surface area contributed by atoms with Crippen molar-refractivity contribution in [1.29, 1.82) is 0 Å². The van der Waals surface area contributed by atoms with E-state index in [0.29, 0.717) is 264 Å². The van der Waals surface area contributed by atoms with E-state index in [1.807, 2.05) is 67.6 Å². The first-order chi connectivity index (χ1) is 48.6. The van der Waals surface area contributed by atoms with Crippen molar-refractivity contribution in [3.63, 3.8) is 0 Å². The van der Waals surface area contributed by atoms with Crippen LogP contribution in [0.15, 0.2) is 89.8 Å². The van der Waals surface area contributed by atoms with Gasteiger partial charge in [0, 0.05) is 38.6 Å². The van der Waals surface area contributed by atoms with Gasteiger partial charge in [-0.25, -0.2) is 8.42 Å². The molecule has 3 rings (SSSR count). The van der Waals surface area contributed by atoms with Gasteiger partial charge in [0.2, 0.25) is 0 Å². The summed E-state index contributed by atoms with van der Waals surface area (Å²) in [5, 5.41) is 27.3. The van der Waals surface area contributed by atoms with E-state index in [2.05, 4.69) is 0 Å². The van der Waals surface area contributed by atoms with E-state index in [1.54, 1.807) is 33.5 Å². The quantitative estimate of drug-likeness (QED) is 0.0441. The maximum atomic E-state index is 10.7. The second-order valence-electron chi connectivity index (χ2n) is 19.9. The third kappa shape index (κ3) is 75.2. The van der Waals surface area contributed by atoms with Gasteiger partial charge in [0.15, 0.2) is 0 Å². The molecule has 0 fully saturated rings. The molecule has 0 radical (unpaired) electrons. The number of halogens is 1. The second-order valence-corrected chi connectivity index (χ2v) is 22.5. The predicted molar refractivity (Wildman–Crippen MR) is 367 cm³/mol. The summed E-state index contributed by atoms with van der Waals surface area (Å²) in [6, 6.07) is 25.6. The number of para-hydroxylation sites is 2. The topological polar surface area (TPSA) is 319 Å². The minimum absolute atomic E-state index is 0. The first kappa shape index (κ1) is 99.6. The Kier molecular flexibility index (Phi) is 81.8. The Labute approximate surface area is 622 Å². The number of benzene rings is 3. The van der Waals surface area contributed by atoms with Gasteiger partial charge in [-0.05, 0) is 43.3 Å². The molecule has 3 aromatic rings. The number of hydrogen-bond acceptors (Lipinski definition) is 29. The van der Waals surface area contributed by atoms with Crippen molar-refractivity contribution in [3.8, 4) is 11.5 Å². The standard InChI is InChI=1S/C33H60O15.C15H24O5.C13H27O7.C7H7ClO2S.Na.H/c34-6-8-36-10-12-38-14-16-40-18-19-42-22-23-44-26-27-46-30-33(31-48-32-4-2-1-3-5-32)47-29-28-45-25-24-43-21-20-41-17-15-39-13-11-37-9-7-35;1-16-8-10-18-12-15(19-11-9-17-2)13-20-14-6-4-3-5-7-14;1-15-4-5-17-8-9-19-12-13-20-11-10-18-7-6-16-3-2-14;1-6-2-4-7(5-3-6)11(8,9)10;;/h1-5,33-35H,6-31H2;3-7,15H,8-13H2,1-2H3;2-13H2,1H3;2-5H,1H3;;/q;;-1;;+1;-1. The predicted octanol–water partition coefficient (Wildman–Crippen LogP) is 0.493. The van der Waals surface area contributed by atoms with E-state index < -0.39 is 9.05 Å². The summed E-state index contributed by atoms with van der Waals surface area (Å²) in [6.45, 7) is 21.0. The van der Waals surface area contributed by atoms with E-state index in [-0.39, 0.29) is 74.5 Å². The molecule has 0 aromatic heterocycles. The average Bonchev–Trinajstić information content (AvgIpc) is 0.925. The molecule has 2 unspecified atom stereocenters.